The summed E-state index contributed by atoms with van der Waals surface area (Å²) < 4.78 is 18.2. The van der Waals surface area contributed by atoms with Crippen LogP contribution in [-0.4, -0.2) is 40.9 Å². The van der Waals surface area contributed by atoms with Crippen LogP contribution >= 0.6 is 22.6 Å². The van der Waals surface area contributed by atoms with Gasteiger partial charge in [0.2, 0.25) is 0 Å². The third kappa shape index (κ3) is 5.21. The molecule has 2 atom stereocenters. The molecule has 1 aliphatic rings. The summed E-state index contributed by atoms with van der Waals surface area (Å²) in [6.07, 6.45) is -0.0133. The predicted molar refractivity (Wildman–Crippen MR) is 122 cm³/mol. The van der Waals surface area contributed by atoms with Gasteiger partial charge in [-0.25, -0.2) is 9.59 Å². The highest BCUT2D eigenvalue weighted by atomic mass is 127. The van der Waals surface area contributed by atoms with Crippen molar-refractivity contribution in [1.29, 1.82) is 0 Å². The van der Waals surface area contributed by atoms with E-state index in [9.17, 15) is 14.4 Å². The first-order chi connectivity index (χ1) is 15.5. The third-order valence-corrected chi connectivity index (χ3v) is 5.37. The fraction of sp³-hybridized carbons (Fsp3) is 0.182. The summed E-state index contributed by atoms with van der Waals surface area (Å²) in [6, 6.07) is 17.2. The second-order valence-electron chi connectivity index (χ2n) is 6.77. The maximum Gasteiger partial charge on any atom is 0.351 e. The lowest BCUT2D eigenvalue weighted by Crippen LogP contribution is -2.30. The number of hydrogen-bond acceptors (Lipinski definition) is 7. The van der Waals surface area contributed by atoms with Gasteiger partial charge in [-0.3, -0.25) is 9.36 Å². The van der Waals surface area contributed by atoms with E-state index < -0.39 is 24.2 Å². The summed E-state index contributed by atoms with van der Waals surface area (Å²) in [4.78, 5) is 40.9. The van der Waals surface area contributed by atoms with Crippen LogP contribution < -0.4 is 11.0 Å². The fourth-order valence-corrected chi connectivity index (χ4v) is 3.54. The van der Waals surface area contributed by atoms with Gasteiger partial charge in [-0.1, -0.05) is 36.4 Å². The van der Waals surface area contributed by atoms with E-state index in [2.05, 4.69) is 10.3 Å². The van der Waals surface area contributed by atoms with Crippen LogP contribution in [0.4, 0.5) is 5.82 Å². The van der Waals surface area contributed by atoms with E-state index in [0.717, 1.165) is 0 Å². The van der Waals surface area contributed by atoms with E-state index in [0.29, 0.717) is 14.7 Å². The Labute approximate surface area is 196 Å². The Morgan fingerprint density at radius 1 is 1.09 bits per heavy atom. The van der Waals surface area contributed by atoms with Crippen LogP contribution in [0, 0.1) is 3.57 Å². The van der Waals surface area contributed by atoms with Crippen LogP contribution in [-0.2, 0) is 14.2 Å². The lowest BCUT2D eigenvalue weighted by molar-refractivity contribution is -0.103. The van der Waals surface area contributed by atoms with Crippen LogP contribution in [0.3, 0.4) is 0 Å². The van der Waals surface area contributed by atoms with E-state index in [4.69, 9.17) is 14.2 Å². The molecular weight excluding hydrogens is 529 g/mol. The van der Waals surface area contributed by atoms with Crippen molar-refractivity contribution in [3.63, 3.8) is 0 Å². The van der Waals surface area contributed by atoms with Gasteiger partial charge in [-0.05, 0) is 46.9 Å². The molecule has 1 amide bonds. The number of ether oxygens (including phenoxy) is 3. The van der Waals surface area contributed by atoms with Crippen molar-refractivity contribution >= 4 is 40.3 Å². The molecule has 1 fully saturated rings. The summed E-state index contributed by atoms with van der Waals surface area (Å²) in [5.74, 6) is -0.699. The molecule has 10 heteroatoms. The first kappa shape index (κ1) is 22.1. The Morgan fingerprint density at radius 3 is 2.44 bits per heavy atom. The topological polar surface area (TPSA) is 109 Å². The quantitative estimate of drug-likeness (QED) is 0.374. The first-order valence-electron chi connectivity index (χ1n) is 9.65. The van der Waals surface area contributed by atoms with Crippen molar-refractivity contribution in [2.45, 2.75) is 12.5 Å². The van der Waals surface area contributed by atoms with Crippen molar-refractivity contribution in [2.75, 3.05) is 18.5 Å². The minimum absolute atomic E-state index is 0.0843. The average Bonchev–Trinajstić information content (AvgIpc) is 3.29. The van der Waals surface area contributed by atoms with E-state index in [-0.39, 0.29) is 24.9 Å². The normalized spacial score (nSPS) is 17.7. The highest BCUT2D eigenvalue weighted by Crippen LogP contribution is 2.22. The number of hydrogen-bond donors (Lipinski definition) is 1. The van der Waals surface area contributed by atoms with Gasteiger partial charge in [0.15, 0.2) is 18.3 Å². The number of carbonyl (C=O) groups excluding carboxylic acids is 2. The number of rotatable bonds is 6. The molecule has 0 radical (unpaired) electrons. The molecule has 1 aromatic heterocycles. The Kier molecular flexibility index (Phi) is 6.93. The van der Waals surface area contributed by atoms with Crippen molar-refractivity contribution in [1.82, 2.24) is 9.55 Å². The lowest BCUT2D eigenvalue weighted by Gasteiger charge is -2.15. The number of nitrogens with one attached hydrogen (secondary N) is 1. The maximum atomic E-state index is 12.5. The minimum atomic E-state index is -0.810. The van der Waals surface area contributed by atoms with Gasteiger partial charge in [0, 0.05) is 11.8 Å². The molecule has 0 bridgehead atoms. The van der Waals surface area contributed by atoms with Gasteiger partial charge in [-0.2, -0.15) is 4.98 Å². The van der Waals surface area contributed by atoms with Crippen LogP contribution in [0.5, 0.6) is 0 Å². The number of benzene rings is 2. The second kappa shape index (κ2) is 10.0. The zero-order valence-corrected chi connectivity index (χ0v) is 18.8. The number of aromatic nitrogens is 2. The molecule has 0 spiro atoms. The number of carbonyl (C=O) groups is 2. The van der Waals surface area contributed by atoms with E-state index in [1.54, 1.807) is 60.7 Å². The summed E-state index contributed by atoms with van der Waals surface area (Å²) >= 11 is 1.98. The molecule has 9 nitrogen and oxygen atoms in total. The number of esters is 1. The zero-order valence-electron chi connectivity index (χ0n) is 16.6. The highest BCUT2D eigenvalue weighted by Gasteiger charge is 2.30. The third-order valence-electron chi connectivity index (χ3n) is 4.58. The Morgan fingerprint density at radius 2 is 1.75 bits per heavy atom. The molecule has 4 rings (SSSR count). The molecule has 1 aliphatic heterocycles. The Bertz CT molecular complexity index is 1170. The van der Waals surface area contributed by atoms with Crippen molar-refractivity contribution in [3.05, 3.63) is 92.0 Å². The van der Waals surface area contributed by atoms with Crippen molar-refractivity contribution in [2.24, 2.45) is 0 Å². The standard InChI is InChI=1S/C22H18IN3O6/c23-16-11-26(22(29)25-19(16)24-20(27)14-7-3-1-4-8-14)17-12-30-18(32-17)13-31-21(28)15-9-5-2-6-10-15/h1-11,17-18H,12-13H2,(H,24,25,27,29)/t17-,18+/m1/s1. The van der Waals surface area contributed by atoms with Crippen molar-refractivity contribution < 1.29 is 23.8 Å². The van der Waals surface area contributed by atoms with Gasteiger partial charge in [0.1, 0.15) is 6.61 Å². The lowest BCUT2D eigenvalue weighted by atomic mass is 10.2. The van der Waals surface area contributed by atoms with E-state index >= 15 is 0 Å². The molecule has 0 saturated carbocycles. The SMILES string of the molecule is O=C(Nc1nc(=O)n([C@H]2CO[C@H](COC(=O)c3ccccc3)O2)cc1I)c1ccccc1. The maximum absolute atomic E-state index is 12.5. The minimum Gasteiger partial charge on any atom is -0.457 e. The van der Waals surface area contributed by atoms with Gasteiger partial charge < -0.3 is 19.5 Å². The number of nitrogens with zero attached hydrogens (tertiary/aromatic N) is 2. The summed E-state index contributed by atoms with van der Waals surface area (Å²) in [5.41, 5.74) is 0.268. The molecule has 1 N–H and O–H groups in total. The van der Waals surface area contributed by atoms with E-state index in [1.165, 1.54) is 10.8 Å². The fourth-order valence-electron chi connectivity index (χ4n) is 2.99. The summed E-state index contributed by atoms with van der Waals surface area (Å²) in [6.45, 7) is -0.0321. The highest BCUT2D eigenvalue weighted by molar-refractivity contribution is 14.1. The Balaban J connectivity index is 1.38. The monoisotopic (exact) mass is 547 g/mol. The first-order valence-corrected chi connectivity index (χ1v) is 10.7. The number of halogens is 1. The van der Waals surface area contributed by atoms with Gasteiger partial charge >= 0.3 is 11.7 Å². The molecular formula is C22H18IN3O6. The average molecular weight is 547 g/mol. The Hall–Kier alpha value is -3.09. The van der Waals surface area contributed by atoms with Gasteiger partial charge in [-0.15, -0.1) is 0 Å². The van der Waals surface area contributed by atoms with Crippen LogP contribution in [0.1, 0.15) is 26.9 Å². The molecule has 0 unspecified atom stereocenters. The smallest absolute Gasteiger partial charge is 0.351 e. The molecule has 164 valence electrons. The number of anilines is 1. The van der Waals surface area contributed by atoms with Gasteiger partial charge in [0.05, 0.1) is 15.7 Å². The van der Waals surface area contributed by atoms with Crippen LogP contribution in [0.2, 0.25) is 0 Å². The molecule has 1 saturated heterocycles. The zero-order chi connectivity index (χ0) is 22.5. The molecule has 32 heavy (non-hydrogen) atoms. The summed E-state index contributed by atoms with van der Waals surface area (Å²) in [5, 5.41) is 2.64. The largest absolute Gasteiger partial charge is 0.457 e. The van der Waals surface area contributed by atoms with Crippen LogP contribution in [0.15, 0.2) is 71.7 Å². The van der Waals surface area contributed by atoms with E-state index in [1.807, 2.05) is 22.6 Å². The van der Waals surface area contributed by atoms with Gasteiger partial charge in [0.25, 0.3) is 5.91 Å². The second-order valence-corrected chi connectivity index (χ2v) is 7.93. The van der Waals surface area contributed by atoms with Crippen LogP contribution in [0.25, 0.3) is 0 Å². The predicted octanol–water partition coefficient (Wildman–Crippen LogP) is 2.83. The molecule has 2 heterocycles. The molecule has 0 aliphatic carbocycles. The van der Waals surface area contributed by atoms with Crippen molar-refractivity contribution in [3.8, 4) is 0 Å². The summed E-state index contributed by atoms with van der Waals surface area (Å²) in [7, 11) is 0. The molecule has 2 aromatic carbocycles. The molecule has 3 aromatic rings. The number of amides is 1.